The molecule has 0 bridgehead atoms. The quantitative estimate of drug-likeness (QED) is 0.767. The van der Waals surface area contributed by atoms with Crippen molar-refractivity contribution in [3.8, 4) is 0 Å². The molecule has 0 amide bonds. The van der Waals surface area contributed by atoms with Gasteiger partial charge in [-0.3, -0.25) is 0 Å². The fourth-order valence-electron chi connectivity index (χ4n) is 2.48. The SMILES string of the molecule is Cc1cccc(Cl)c1CNS(=O)(=O)c1ccc2ccccc2c1. The Hall–Kier alpha value is -1.88. The van der Waals surface area contributed by atoms with E-state index in [-0.39, 0.29) is 11.4 Å². The number of sulfonamides is 1. The molecule has 1 N–H and O–H groups in total. The number of fused-ring (bicyclic) bond motifs is 1. The van der Waals surface area contributed by atoms with E-state index in [1.807, 2.05) is 49.4 Å². The molecule has 0 saturated heterocycles. The van der Waals surface area contributed by atoms with Gasteiger partial charge in [-0.1, -0.05) is 54.1 Å². The van der Waals surface area contributed by atoms with Crippen LogP contribution in [0.2, 0.25) is 5.02 Å². The zero-order valence-corrected chi connectivity index (χ0v) is 14.2. The molecule has 5 heteroatoms. The largest absolute Gasteiger partial charge is 0.240 e. The number of halogens is 1. The van der Waals surface area contributed by atoms with Crippen molar-refractivity contribution in [3.63, 3.8) is 0 Å². The summed E-state index contributed by atoms with van der Waals surface area (Å²) in [5.74, 6) is 0. The fourth-order valence-corrected chi connectivity index (χ4v) is 3.79. The van der Waals surface area contributed by atoms with Gasteiger partial charge in [0, 0.05) is 11.6 Å². The fraction of sp³-hybridized carbons (Fsp3) is 0.111. The summed E-state index contributed by atoms with van der Waals surface area (Å²) in [6.07, 6.45) is 0. The maximum atomic E-state index is 12.5. The van der Waals surface area contributed by atoms with Gasteiger partial charge in [0.1, 0.15) is 0 Å². The number of nitrogens with one attached hydrogen (secondary N) is 1. The molecule has 0 heterocycles. The summed E-state index contributed by atoms with van der Waals surface area (Å²) in [4.78, 5) is 0.251. The van der Waals surface area contributed by atoms with Crippen LogP contribution in [0.4, 0.5) is 0 Å². The van der Waals surface area contributed by atoms with Gasteiger partial charge < -0.3 is 0 Å². The Kier molecular flexibility index (Phi) is 4.39. The molecule has 0 unspecified atom stereocenters. The van der Waals surface area contributed by atoms with Crippen LogP contribution < -0.4 is 4.72 Å². The standard InChI is InChI=1S/C18H16ClNO2S/c1-13-5-4-8-18(19)17(13)12-20-23(21,22)16-10-9-14-6-2-3-7-15(14)11-16/h2-11,20H,12H2,1H3. The van der Waals surface area contributed by atoms with Crippen LogP contribution in [0.25, 0.3) is 10.8 Å². The first-order valence-corrected chi connectivity index (χ1v) is 9.06. The van der Waals surface area contributed by atoms with Crippen LogP contribution in [0.3, 0.4) is 0 Å². The van der Waals surface area contributed by atoms with Gasteiger partial charge in [-0.25, -0.2) is 13.1 Å². The maximum Gasteiger partial charge on any atom is 0.240 e. The van der Waals surface area contributed by atoms with Crippen molar-refractivity contribution in [2.24, 2.45) is 0 Å². The molecule has 0 spiro atoms. The van der Waals surface area contributed by atoms with E-state index in [2.05, 4.69) is 4.72 Å². The van der Waals surface area contributed by atoms with Crippen LogP contribution in [-0.2, 0) is 16.6 Å². The van der Waals surface area contributed by atoms with Crippen LogP contribution in [0.1, 0.15) is 11.1 Å². The first kappa shape index (κ1) is 16.0. The van der Waals surface area contributed by atoms with Crippen molar-refractivity contribution in [1.82, 2.24) is 4.72 Å². The molecule has 3 rings (SSSR count). The van der Waals surface area contributed by atoms with Crippen LogP contribution >= 0.6 is 11.6 Å². The lowest BCUT2D eigenvalue weighted by atomic mass is 10.1. The summed E-state index contributed by atoms with van der Waals surface area (Å²) in [5.41, 5.74) is 1.75. The lowest BCUT2D eigenvalue weighted by Crippen LogP contribution is -2.23. The molecule has 23 heavy (non-hydrogen) atoms. The number of hydrogen-bond acceptors (Lipinski definition) is 2. The van der Waals surface area contributed by atoms with Gasteiger partial charge in [0.25, 0.3) is 0 Å². The van der Waals surface area contributed by atoms with Crippen molar-refractivity contribution < 1.29 is 8.42 Å². The molecular formula is C18H16ClNO2S. The number of benzene rings is 3. The van der Waals surface area contributed by atoms with Crippen LogP contribution in [0.15, 0.2) is 65.6 Å². The zero-order valence-electron chi connectivity index (χ0n) is 12.6. The highest BCUT2D eigenvalue weighted by Crippen LogP contribution is 2.22. The summed E-state index contributed by atoms with van der Waals surface area (Å²) in [7, 11) is -3.59. The number of hydrogen-bond donors (Lipinski definition) is 1. The topological polar surface area (TPSA) is 46.2 Å². The second-order valence-corrected chi connectivity index (χ2v) is 7.54. The minimum Gasteiger partial charge on any atom is -0.207 e. The van der Waals surface area contributed by atoms with E-state index in [0.717, 1.165) is 21.9 Å². The third kappa shape index (κ3) is 3.39. The molecule has 3 aromatic rings. The molecule has 0 aromatic heterocycles. The van der Waals surface area contributed by atoms with Crippen LogP contribution in [0, 0.1) is 6.92 Å². The van der Waals surface area contributed by atoms with E-state index in [9.17, 15) is 8.42 Å². The van der Waals surface area contributed by atoms with E-state index in [1.165, 1.54) is 0 Å². The zero-order chi connectivity index (χ0) is 16.4. The molecular weight excluding hydrogens is 330 g/mol. The first-order valence-electron chi connectivity index (χ1n) is 7.20. The van der Waals surface area contributed by atoms with Gasteiger partial charge in [0.15, 0.2) is 0 Å². The van der Waals surface area contributed by atoms with Crippen LogP contribution in [0.5, 0.6) is 0 Å². The van der Waals surface area contributed by atoms with Crippen molar-refractivity contribution in [2.75, 3.05) is 0 Å². The van der Waals surface area contributed by atoms with Gasteiger partial charge >= 0.3 is 0 Å². The molecule has 3 aromatic carbocycles. The summed E-state index contributed by atoms with van der Waals surface area (Å²) in [5, 5.41) is 2.46. The lowest BCUT2D eigenvalue weighted by Gasteiger charge is -2.11. The summed E-state index contributed by atoms with van der Waals surface area (Å²) in [6, 6.07) is 18.3. The van der Waals surface area contributed by atoms with E-state index in [0.29, 0.717) is 5.02 Å². The minimum absolute atomic E-state index is 0.167. The monoisotopic (exact) mass is 345 g/mol. The Morgan fingerprint density at radius 1 is 0.957 bits per heavy atom. The van der Waals surface area contributed by atoms with E-state index < -0.39 is 10.0 Å². The van der Waals surface area contributed by atoms with E-state index in [1.54, 1.807) is 18.2 Å². The molecule has 0 aliphatic carbocycles. The Morgan fingerprint density at radius 2 is 1.70 bits per heavy atom. The minimum atomic E-state index is -3.59. The summed E-state index contributed by atoms with van der Waals surface area (Å²) < 4.78 is 27.7. The van der Waals surface area contributed by atoms with E-state index >= 15 is 0 Å². The molecule has 118 valence electrons. The molecule has 0 saturated carbocycles. The van der Waals surface area contributed by atoms with E-state index in [4.69, 9.17) is 11.6 Å². The Bertz CT molecular complexity index is 947. The van der Waals surface area contributed by atoms with Crippen LogP contribution in [-0.4, -0.2) is 8.42 Å². The number of rotatable bonds is 4. The molecule has 0 aliphatic heterocycles. The van der Waals surface area contributed by atoms with Crippen molar-refractivity contribution in [1.29, 1.82) is 0 Å². The number of aryl methyl sites for hydroxylation is 1. The van der Waals surface area contributed by atoms with Gasteiger partial charge in [0.05, 0.1) is 4.90 Å². The highest BCUT2D eigenvalue weighted by atomic mass is 35.5. The summed E-state index contributed by atoms with van der Waals surface area (Å²) >= 11 is 6.15. The molecule has 0 fully saturated rings. The third-order valence-corrected chi connectivity index (χ3v) is 5.58. The second-order valence-electron chi connectivity index (χ2n) is 5.37. The Balaban J connectivity index is 1.88. The predicted octanol–water partition coefficient (Wildman–Crippen LogP) is 4.28. The smallest absolute Gasteiger partial charge is 0.207 e. The lowest BCUT2D eigenvalue weighted by molar-refractivity contribution is 0.581. The van der Waals surface area contributed by atoms with Gasteiger partial charge in [-0.2, -0.15) is 0 Å². The average Bonchev–Trinajstić information content (AvgIpc) is 2.54. The molecule has 0 radical (unpaired) electrons. The van der Waals surface area contributed by atoms with Crippen molar-refractivity contribution in [2.45, 2.75) is 18.4 Å². The van der Waals surface area contributed by atoms with Gasteiger partial charge in [-0.15, -0.1) is 0 Å². The molecule has 0 atom stereocenters. The highest BCUT2D eigenvalue weighted by molar-refractivity contribution is 7.89. The molecule has 3 nitrogen and oxygen atoms in total. The Labute approximate surface area is 141 Å². The highest BCUT2D eigenvalue weighted by Gasteiger charge is 2.15. The second kappa shape index (κ2) is 6.32. The predicted molar refractivity (Wildman–Crippen MR) is 94.2 cm³/mol. The average molecular weight is 346 g/mol. The summed E-state index contributed by atoms with van der Waals surface area (Å²) in [6.45, 7) is 2.08. The Morgan fingerprint density at radius 3 is 2.43 bits per heavy atom. The van der Waals surface area contributed by atoms with Gasteiger partial charge in [-0.05, 0) is 47.0 Å². The normalized spacial score (nSPS) is 11.7. The van der Waals surface area contributed by atoms with Crippen molar-refractivity contribution >= 4 is 32.4 Å². The van der Waals surface area contributed by atoms with Crippen molar-refractivity contribution in [3.05, 3.63) is 76.8 Å². The maximum absolute atomic E-state index is 12.5. The third-order valence-electron chi connectivity index (χ3n) is 3.82. The first-order chi connectivity index (χ1) is 11.0. The molecule has 0 aliphatic rings. The van der Waals surface area contributed by atoms with Gasteiger partial charge in [0.2, 0.25) is 10.0 Å².